The Morgan fingerprint density at radius 1 is 1.38 bits per heavy atom. The van der Waals surface area contributed by atoms with E-state index in [9.17, 15) is 0 Å². The number of halogens is 1. The molecule has 0 aliphatic rings. The van der Waals surface area contributed by atoms with E-state index < -0.39 is 0 Å². The van der Waals surface area contributed by atoms with E-state index >= 15 is 0 Å². The van der Waals surface area contributed by atoms with Crippen LogP contribution in [-0.2, 0) is 0 Å². The van der Waals surface area contributed by atoms with Crippen LogP contribution in [-0.4, -0.2) is 22.0 Å². The van der Waals surface area contributed by atoms with Gasteiger partial charge in [0, 0.05) is 17.4 Å². The van der Waals surface area contributed by atoms with Gasteiger partial charge in [0.2, 0.25) is 5.88 Å². The van der Waals surface area contributed by atoms with Crippen LogP contribution in [0.2, 0.25) is 0 Å². The van der Waals surface area contributed by atoms with Gasteiger partial charge in [-0.05, 0) is 12.8 Å². The van der Waals surface area contributed by atoms with Gasteiger partial charge in [-0.3, -0.25) is 0 Å². The molecule has 0 radical (unpaired) electrons. The van der Waals surface area contributed by atoms with Gasteiger partial charge in [0.1, 0.15) is 6.33 Å². The topological polar surface area (TPSA) is 35.0 Å². The molecule has 0 bridgehead atoms. The molecule has 0 aliphatic heterocycles. The molecule has 3 nitrogen and oxygen atoms in total. The van der Waals surface area contributed by atoms with Crippen LogP contribution in [0.3, 0.4) is 0 Å². The second-order valence-electron chi connectivity index (χ2n) is 3.84. The standard InChI is InChI=1S/C12H19ClN2O/c1-4-6-16-12-7-11(14-8-15-12)9(3)10(13)5-2/h7-10H,4-6H2,1-3H3. The molecule has 4 heteroatoms. The van der Waals surface area contributed by atoms with Crippen molar-refractivity contribution >= 4 is 11.6 Å². The molecule has 0 aromatic carbocycles. The van der Waals surface area contributed by atoms with Crippen LogP contribution in [0.5, 0.6) is 5.88 Å². The molecule has 0 amide bonds. The summed E-state index contributed by atoms with van der Waals surface area (Å²) in [7, 11) is 0. The van der Waals surface area contributed by atoms with Crippen LogP contribution in [0.1, 0.15) is 45.2 Å². The molecule has 1 aromatic heterocycles. The first-order valence-electron chi connectivity index (χ1n) is 5.77. The Morgan fingerprint density at radius 3 is 2.75 bits per heavy atom. The van der Waals surface area contributed by atoms with E-state index in [1.165, 1.54) is 6.33 Å². The maximum atomic E-state index is 6.21. The zero-order valence-electron chi connectivity index (χ0n) is 10.1. The number of hydrogen-bond donors (Lipinski definition) is 0. The molecule has 0 saturated carbocycles. The average Bonchev–Trinajstić information content (AvgIpc) is 2.34. The van der Waals surface area contributed by atoms with E-state index in [-0.39, 0.29) is 11.3 Å². The normalized spacial score (nSPS) is 14.5. The molecule has 2 atom stereocenters. The number of aromatic nitrogens is 2. The fourth-order valence-electron chi connectivity index (χ4n) is 1.43. The molecule has 1 aromatic rings. The van der Waals surface area contributed by atoms with E-state index in [4.69, 9.17) is 16.3 Å². The predicted molar refractivity (Wildman–Crippen MR) is 66.2 cm³/mol. The summed E-state index contributed by atoms with van der Waals surface area (Å²) < 4.78 is 5.47. The van der Waals surface area contributed by atoms with Crippen LogP contribution in [0, 0.1) is 0 Å². The van der Waals surface area contributed by atoms with E-state index in [0.29, 0.717) is 12.5 Å². The fourth-order valence-corrected chi connectivity index (χ4v) is 1.56. The highest BCUT2D eigenvalue weighted by Crippen LogP contribution is 2.25. The summed E-state index contributed by atoms with van der Waals surface area (Å²) in [5.41, 5.74) is 0.947. The van der Waals surface area contributed by atoms with Crippen LogP contribution in [0.15, 0.2) is 12.4 Å². The van der Waals surface area contributed by atoms with Gasteiger partial charge in [-0.25, -0.2) is 9.97 Å². The van der Waals surface area contributed by atoms with Gasteiger partial charge in [-0.2, -0.15) is 0 Å². The van der Waals surface area contributed by atoms with Crippen molar-refractivity contribution in [3.8, 4) is 5.88 Å². The number of rotatable bonds is 6. The minimum atomic E-state index is 0.105. The van der Waals surface area contributed by atoms with Gasteiger partial charge in [0.15, 0.2) is 0 Å². The van der Waals surface area contributed by atoms with Crippen LogP contribution in [0.4, 0.5) is 0 Å². The second kappa shape index (κ2) is 6.69. The molecule has 0 N–H and O–H groups in total. The highest BCUT2D eigenvalue weighted by atomic mass is 35.5. The van der Waals surface area contributed by atoms with Gasteiger partial charge in [-0.1, -0.05) is 20.8 Å². The number of alkyl halides is 1. The third-order valence-corrected chi connectivity index (χ3v) is 3.20. The summed E-state index contributed by atoms with van der Waals surface area (Å²) in [6, 6.07) is 1.88. The van der Waals surface area contributed by atoms with Gasteiger partial charge in [-0.15, -0.1) is 11.6 Å². The highest BCUT2D eigenvalue weighted by molar-refractivity contribution is 6.21. The summed E-state index contributed by atoms with van der Waals surface area (Å²) in [5, 5.41) is 0.105. The lowest BCUT2D eigenvalue weighted by Gasteiger charge is -2.16. The largest absolute Gasteiger partial charge is 0.478 e. The Morgan fingerprint density at radius 2 is 2.12 bits per heavy atom. The van der Waals surface area contributed by atoms with Crippen LogP contribution >= 0.6 is 11.6 Å². The first-order valence-corrected chi connectivity index (χ1v) is 6.21. The molecule has 0 saturated heterocycles. The lowest BCUT2D eigenvalue weighted by Crippen LogP contribution is -2.10. The summed E-state index contributed by atoms with van der Waals surface area (Å²) in [6.07, 6.45) is 3.44. The Balaban J connectivity index is 2.73. The van der Waals surface area contributed by atoms with Crippen molar-refractivity contribution in [3.63, 3.8) is 0 Å². The van der Waals surface area contributed by atoms with Crippen LogP contribution in [0.25, 0.3) is 0 Å². The maximum Gasteiger partial charge on any atom is 0.216 e. The van der Waals surface area contributed by atoms with Crippen molar-refractivity contribution in [1.82, 2.24) is 9.97 Å². The molecule has 16 heavy (non-hydrogen) atoms. The fraction of sp³-hybridized carbons (Fsp3) is 0.667. The smallest absolute Gasteiger partial charge is 0.216 e. The van der Waals surface area contributed by atoms with E-state index in [0.717, 1.165) is 18.5 Å². The number of nitrogens with zero attached hydrogens (tertiary/aromatic N) is 2. The minimum absolute atomic E-state index is 0.105. The zero-order chi connectivity index (χ0) is 12.0. The SMILES string of the molecule is CCCOc1cc(C(C)C(Cl)CC)ncn1. The van der Waals surface area contributed by atoms with Crippen LogP contribution < -0.4 is 4.74 Å². The van der Waals surface area contributed by atoms with Crippen molar-refractivity contribution < 1.29 is 4.74 Å². The van der Waals surface area contributed by atoms with Gasteiger partial charge >= 0.3 is 0 Å². The predicted octanol–water partition coefficient (Wildman–Crippen LogP) is 3.39. The maximum absolute atomic E-state index is 6.21. The van der Waals surface area contributed by atoms with Gasteiger partial charge in [0.05, 0.1) is 12.3 Å². The quantitative estimate of drug-likeness (QED) is 0.718. The third-order valence-electron chi connectivity index (χ3n) is 2.52. The zero-order valence-corrected chi connectivity index (χ0v) is 10.9. The Labute approximate surface area is 102 Å². The Kier molecular flexibility index (Phi) is 5.53. The summed E-state index contributed by atoms with van der Waals surface area (Å²) in [4.78, 5) is 8.31. The van der Waals surface area contributed by atoms with Crippen molar-refractivity contribution in [3.05, 3.63) is 18.1 Å². The third kappa shape index (κ3) is 3.63. The van der Waals surface area contributed by atoms with Crippen molar-refractivity contribution in [1.29, 1.82) is 0 Å². The summed E-state index contributed by atoms with van der Waals surface area (Å²) >= 11 is 6.21. The minimum Gasteiger partial charge on any atom is -0.478 e. The molecule has 2 unspecified atom stereocenters. The number of ether oxygens (including phenoxy) is 1. The number of hydrogen-bond acceptors (Lipinski definition) is 3. The first kappa shape index (κ1) is 13.2. The molecule has 0 aliphatic carbocycles. The lowest BCUT2D eigenvalue weighted by molar-refractivity contribution is 0.304. The molecule has 1 heterocycles. The monoisotopic (exact) mass is 242 g/mol. The van der Waals surface area contributed by atoms with Crippen molar-refractivity contribution in [2.45, 2.75) is 44.9 Å². The Hall–Kier alpha value is -0.830. The van der Waals surface area contributed by atoms with E-state index in [1.54, 1.807) is 0 Å². The van der Waals surface area contributed by atoms with E-state index in [1.807, 2.05) is 6.07 Å². The van der Waals surface area contributed by atoms with Gasteiger partial charge in [0.25, 0.3) is 0 Å². The molecule has 0 fully saturated rings. The second-order valence-corrected chi connectivity index (χ2v) is 4.40. The molecular weight excluding hydrogens is 224 g/mol. The van der Waals surface area contributed by atoms with E-state index in [2.05, 4.69) is 30.7 Å². The Bertz CT molecular complexity index is 320. The van der Waals surface area contributed by atoms with Gasteiger partial charge < -0.3 is 4.74 Å². The lowest BCUT2D eigenvalue weighted by atomic mass is 10.0. The summed E-state index contributed by atoms with van der Waals surface area (Å²) in [6.45, 7) is 6.90. The molecular formula is C12H19ClN2O. The van der Waals surface area contributed by atoms with Crippen molar-refractivity contribution in [2.75, 3.05) is 6.61 Å². The molecule has 0 spiro atoms. The summed E-state index contributed by atoms with van der Waals surface area (Å²) in [5.74, 6) is 0.859. The average molecular weight is 243 g/mol. The molecule has 1 rings (SSSR count). The first-order chi connectivity index (χ1) is 7.69. The highest BCUT2D eigenvalue weighted by Gasteiger charge is 2.16. The van der Waals surface area contributed by atoms with Crippen molar-refractivity contribution in [2.24, 2.45) is 0 Å². The molecule has 90 valence electrons.